The minimum atomic E-state index is 0.378. The first-order chi connectivity index (χ1) is 9.36. The van der Waals surface area contributed by atoms with Crippen LogP contribution in [0.25, 0.3) is 0 Å². The number of aryl methyl sites for hydroxylation is 1. The number of nitrogens with zero attached hydrogens (tertiary/aromatic N) is 2. The van der Waals surface area contributed by atoms with Crippen LogP contribution >= 0.6 is 0 Å². The maximum atomic E-state index is 12.1. The van der Waals surface area contributed by atoms with Crippen LogP contribution in [0.5, 0.6) is 0 Å². The quantitative estimate of drug-likeness (QED) is 0.721. The van der Waals surface area contributed by atoms with Gasteiger partial charge in [-0.3, -0.25) is 4.79 Å². The van der Waals surface area contributed by atoms with Gasteiger partial charge in [0.05, 0.1) is 0 Å². The number of aromatic nitrogens is 1. The smallest absolute Gasteiger partial charge is 0.222 e. The summed E-state index contributed by atoms with van der Waals surface area (Å²) >= 11 is 0. The van der Waals surface area contributed by atoms with E-state index in [-0.39, 0.29) is 0 Å². The number of hydrogen-bond acceptors (Lipinski definition) is 1. The van der Waals surface area contributed by atoms with Gasteiger partial charge in [0.15, 0.2) is 0 Å². The van der Waals surface area contributed by atoms with E-state index in [1.165, 1.54) is 32.1 Å². The number of likely N-dealkylation sites (tertiary alicyclic amines) is 1. The summed E-state index contributed by atoms with van der Waals surface area (Å²) in [6.07, 6.45) is 13.3. The number of hydrogen-bond donors (Lipinski definition) is 0. The van der Waals surface area contributed by atoms with Crippen LogP contribution in [-0.2, 0) is 11.3 Å². The Morgan fingerprint density at radius 2 is 1.58 bits per heavy atom. The molecule has 0 spiro atoms. The van der Waals surface area contributed by atoms with Gasteiger partial charge in [0, 0.05) is 38.4 Å². The van der Waals surface area contributed by atoms with E-state index in [1.54, 1.807) is 0 Å². The lowest BCUT2D eigenvalue weighted by atomic mass is 10.1. The highest BCUT2D eigenvalue weighted by Crippen LogP contribution is 2.12. The Morgan fingerprint density at radius 1 is 0.895 bits per heavy atom. The zero-order chi connectivity index (χ0) is 13.3. The van der Waals surface area contributed by atoms with Crippen LogP contribution in [0.2, 0.25) is 0 Å². The molecule has 1 aliphatic heterocycles. The van der Waals surface area contributed by atoms with Crippen LogP contribution in [0.1, 0.15) is 51.4 Å². The Morgan fingerprint density at radius 3 is 2.26 bits per heavy atom. The molecule has 3 heteroatoms. The fourth-order valence-electron chi connectivity index (χ4n) is 2.74. The van der Waals surface area contributed by atoms with Gasteiger partial charge < -0.3 is 9.47 Å². The summed E-state index contributed by atoms with van der Waals surface area (Å²) in [6, 6.07) is 4.12. The number of amides is 1. The molecule has 3 nitrogen and oxygen atoms in total. The molecule has 1 aromatic heterocycles. The van der Waals surface area contributed by atoms with E-state index >= 15 is 0 Å². The standard InChI is InChI=1S/C16H26N2O/c19-16(18-14-6-1-2-7-15-18)10-4-3-5-11-17-12-8-9-13-17/h8-9,12-13H,1-7,10-11,14-15H2. The van der Waals surface area contributed by atoms with Crippen LogP contribution in [0, 0.1) is 0 Å². The first-order valence-electron chi connectivity index (χ1n) is 7.75. The van der Waals surface area contributed by atoms with Crippen LogP contribution in [0.3, 0.4) is 0 Å². The summed E-state index contributed by atoms with van der Waals surface area (Å²) < 4.78 is 2.20. The van der Waals surface area contributed by atoms with Gasteiger partial charge >= 0.3 is 0 Å². The predicted molar refractivity (Wildman–Crippen MR) is 77.9 cm³/mol. The fraction of sp³-hybridized carbons (Fsp3) is 0.688. The second-order valence-electron chi connectivity index (χ2n) is 5.53. The van der Waals surface area contributed by atoms with E-state index in [9.17, 15) is 4.79 Å². The molecule has 2 heterocycles. The molecule has 0 N–H and O–H groups in total. The molecule has 106 valence electrons. The number of unbranched alkanes of at least 4 members (excludes halogenated alkanes) is 2. The molecule has 0 radical (unpaired) electrons. The van der Waals surface area contributed by atoms with Crippen molar-refractivity contribution in [3.8, 4) is 0 Å². The Labute approximate surface area is 116 Å². The second-order valence-corrected chi connectivity index (χ2v) is 5.53. The van der Waals surface area contributed by atoms with E-state index in [0.29, 0.717) is 5.91 Å². The molecule has 0 saturated carbocycles. The topological polar surface area (TPSA) is 25.2 Å². The largest absolute Gasteiger partial charge is 0.354 e. The Balaban J connectivity index is 1.55. The van der Waals surface area contributed by atoms with Crippen LogP contribution in [-0.4, -0.2) is 28.5 Å². The second kappa shape index (κ2) is 8.03. The van der Waals surface area contributed by atoms with Crippen molar-refractivity contribution in [3.63, 3.8) is 0 Å². The molecule has 0 unspecified atom stereocenters. The third-order valence-electron chi connectivity index (χ3n) is 3.93. The average molecular weight is 262 g/mol. The lowest BCUT2D eigenvalue weighted by Crippen LogP contribution is -2.31. The lowest BCUT2D eigenvalue weighted by Gasteiger charge is -2.20. The molecule has 0 aliphatic carbocycles. The Kier molecular flexibility index (Phi) is 5.99. The monoisotopic (exact) mass is 262 g/mol. The first-order valence-corrected chi connectivity index (χ1v) is 7.75. The minimum Gasteiger partial charge on any atom is -0.354 e. The molecule has 0 atom stereocenters. The molecular formula is C16H26N2O. The normalized spacial score (nSPS) is 16.3. The lowest BCUT2D eigenvalue weighted by molar-refractivity contribution is -0.131. The molecular weight excluding hydrogens is 236 g/mol. The van der Waals surface area contributed by atoms with Crippen molar-refractivity contribution >= 4 is 5.91 Å². The fourth-order valence-corrected chi connectivity index (χ4v) is 2.74. The van der Waals surface area contributed by atoms with Gasteiger partial charge in [-0.2, -0.15) is 0 Å². The van der Waals surface area contributed by atoms with Gasteiger partial charge in [-0.25, -0.2) is 0 Å². The van der Waals surface area contributed by atoms with E-state index in [2.05, 4.69) is 34.0 Å². The summed E-state index contributed by atoms with van der Waals surface area (Å²) in [5.41, 5.74) is 0. The van der Waals surface area contributed by atoms with E-state index in [4.69, 9.17) is 0 Å². The zero-order valence-corrected chi connectivity index (χ0v) is 11.9. The number of rotatable bonds is 6. The highest BCUT2D eigenvalue weighted by atomic mass is 16.2. The zero-order valence-electron chi connectivity index (χ0n) is 11.9. The summed E-state index contributed by atoms with van der Waals surface area (Å²) in [5.74, 6) is 0.378. The van der Waals surface area contributed by atoms with E-state index in [0.717, 1.165) is 38.9 Å². The van der Waals surface area contributed by atoms with Crippen molar-refractivity contribution in [2.24, 2.45) is 0 Å². The average Bonchev–Trinajstić information content (AvgIpc) is 2.78. The number of carbonyl (C=O) groups is 1. The third kappa shape index (κ3) is 5.09. The summed E-state index contributed by atoms with van der Waals surface area (Å²) in [6.45, 7) is 3.05. The SMILES string of the molecule is O=C(CCCCCn1cccc1)N1CCCCCC1. The Bertz CT molecular complexity index is 351. The maximum Gasteiger partial charge on any atom is 0.222 e. The summed E-state index contributed by atoms with van der Waals surface area (Å²) in [4.78, 5) is 14.1. The minimum absolute atomic E-state index is 0.378. The summed E-state index contributed by atoms with van der Waals surface area (Å²) in [7, 11) is 0. The molecule has 0 aromatic carbocycles. The first kappa shape index (κ1) is 14.2. The van der Waals surface area contributed by atoms with Crippen molar-refractivity contribution in [2.45, 2.75) is 57.9 Å². The van der Waals surface area contributed by atoms with Crippen molar-refractivity contribution in [2.75, 3.05) is 13.1 Å². The van der Waals surface area contributed by atoms with Gasteiger partial charge in [0.25, 0.3) is 0 Å². The Hall–Kier alpha value is -1.25. The molecule has 1 amide bonds. The van der Waals surface area contributed by atoms with Crippen molar-refractivity contribution in [1.82, 2.24) is 9.47 Å². The van der Waals surface area contributed by atoms with Crippen molar-refractivity contribution in [3.05, 3.63) is 24.5 Å². The van der Waals surface area contributed by atoms with Crippen LogP contribution in [0.15, 0.2) is 24.5 Å². The van der Waals surface area contributed by atoms with E-state index < -0.39 is 0 Å². The third-order valence-corrected chi connectivity index (χ3v) is 3.93. The van der Waals surface area contributed by atoms with Crippen LogP contribution in [0.4, 0.5) is 0 Å². The van der Waals surface area contributed by atoms with Gasteiger partial charge in [-0.05, 0) is 37.8 Å². The summed E-state index contributed by atoms with van der Waals surface area (Å²) in [5, 5.41) is 0. The van der Waals surface area contributed by atoms with Crippen molar-refractivity contribution < 1.29 is 4.79 Å². The predicted octanol–water partition coefficient (Wildman–Crippen LogP) is 3.45. The molecule has 2 rings (SSSR count). The molecule has 0 bridgehead atoms. The number of carbonyl (C=O) groups excluding carboxylic acids is 1. The van der Waals surface area contributed by atoms with Gasteiger partial charge in [-0.15, -0.1) is 0 Å². The molecule has 1 aromatic rings. The molecule has 1 fully saturated rings. The molecule has 1 aliphatic rings. The highest BCUT2D eigenvalue weighted by molar-refractivity contribution is 5.76. The highest BCUT2D eigenvalue weighted by Gasteiger charge is 2.14. The van der Waals surface area contributed by atoms with Gasteiger partial charge in [0.1, 0.15) is 0 Å². The van der Waals surface area contributed by atoms with Gasteiger partial charge in [-0.1, -0.05) is 19.3 Å². The van der Waals surface area contributed by atoms with E-state index in [1.807, 2.05) is 0 Å². The van der Waals surface area contributed by atoms with Crippen LogP contribution < -0.4 is 0 Å². The maximum absolute atomic E-state index is 12.1. The van der Waals surface area contributed by atoms with Gasteiger partial charge in [0.2, 0.25) is 5.91 Å². The van der Waals surface area contributed by atoms with Crippen molar-refractivity contribution in [1.29, 1.82) is 0 Å². The molecule has 1 saturated heterocycles. The molecule has 19 heavy (non-hydrogen) atoms.